The lowest BCUT2D eigenvalue weighted by molar-refractivity contribution is -0.125. The topological polar surface area (TPSA) is 66.5 Å². The van der Waals surface area contributed by atoms with Gasteiger partial charge in [-0.15, -0.1) is 0 Å². The van der Waals surface area contributed by atoms with Gasteiger partial charge < -0.3 is 5.32 Å². The zero-order valence-electron chi connectivity index (χ0n) is 16.0. The van der Waals surface area contributed by atoms with Crippen molar-refractivity contribution < 1.29 is 13.2 Å². The molecule has 1 N–H and O–H groups in total. The Balaban J connectivity index is 1.84. The van der Waals surface area contributed by atoms with Crippen molar-refractivity contribution in [3.8, 4) is 0 Å². The Hall–Kier alpha value is -2.18. The summed E-state index contributed by atoms with van der Waals surface area (Å²) in [4.78, 5) is 13.0. The number of hydrogen-bond acceptors (Lipinski definition) is 3. The van der Waals surface area contributed by atoms with Gasteiger partial charge in [-0.3, -0.25) is 4.79 Å². The maximum Gasteiger partial charge on any atom is 0.243 e. The van der Waals surface area contributed by atoms with Crippen LogP contribution < -0.4 is 5.32 Å². The number of sulfonamides is 1. The second-order valence-electron chi connectivity index (χ2n) is 7.20. The Morgan fingerprint density at radius 1 is 1.04 bits per heavy atom. The summed E-state index contributed by atoms with van der Waals surface area (Å²) in [5, 5.41) is 2.99. The average Bonchev–Trinajstić information content (AvgIpc) is 3.09. The van der Waals surface area contributed by atoms with Crippen molar-refractivity contribution >= 4 is 15.9 Å². The molecule has 0 aromatic heterocycles. The molecule has 0 fully saturated rings. The van der Waals surface area contributed by atoms with E-state index in [1.165, 1.54) is 24.6 Å². The van der Waals surface area contributed by atoms with E-state index in [2.05, 4.69) is 17.4 Å². The quantitative estimate of drug-likeness (QED) is 0.830. The van der Waals surface area contributed by atoms with E-state index in [0.717, 1.165) is 29.0 Å². The van der Waals surface area contributed by atoms with Gasteiger partial charge in [-0.2, -0.15) is 4.31 Å². The fraction of sp³-hybridized carbons (Fsp3) is 0.381. The Bertz CT molecular complexity index is 926. The Labute approximate surface area is 161 Å². The van der Waals surface area contributed by atoms with Crippen LogP contribution in [0.25, 0.3) is 0 Å². The van der Waals surface area contributed by atoms with Crippen LogP contribution in [0.15, 0.2) is 48.5 Å². The van der Waals surface area contributed by atoms with Gasteiger partial charge in [0, 0.05) is 7.05 Å². The number of benzene rings is 2. The second-order valence-corrected chi connectivity index (χ2v) is 9.25. The van der Waals surface area contributed by atoms with Crippen LogP contribution in [0.5, 0.6) is 0 Å². The van der Waals surface area contributed by atoms with Crippen molar-refractivity contribution in [1.82, 2.24) is 9.62 Å². The predicted octanol–water partition coefficient (Wildman–Crippen LogP) is 2.99. The lowest BCUT2D eigenvalue weighted by Gasteiger charge is -2.27. The lowest BCUT2D eigenvalue weighted by Crippen LogP contribution is -2.42. The molecule has 1 aliphatic carbocycles. The molecule has 0 saturated heterocycles. The van der Waals surface area contributed by atoms with E-state index in [1.807, 2.05) is 19.1 Å². The monoisotopic (exact) mass is 386 g/mol. The number of amides is 1. The zero-order chi connectivity index (χ0) is 19.6. The normalized spacial score (nSPS) is 16.0. The standard InChI is InChI=1S/C21H26N2O3S/c1-15(18-13-12-16-10-7-11-19(16)14-18)22-21(24)20(23(2)27(3,25)26)17-8-5-4-6-9-17/h4-6,8-9,12-15,20H,7,10-11H2,1-3H3,(H,22,24)/t15-,20-/m0/s1. The van der Waals surface area contributed by atoms with Crippen molar-refractivity contribution in [3.63, 3.8) is 0 Å². The molecule has 27 heavy (non-hydrogen) atoms. The van der Waals surface area contributed by atoms with Crippen LogP contribution in [0, 0.1) is 0 Å². The molecule has 2 aromatic carbocycles. The minimum atomic E-state index is -3.53. The van der Waals surface area contributed by atoms with E-state index in [1.54, 1.807) is 24.3 Å². The van der Waals surface area contributed by atoms with Gasteiger partial charge in [0.25, 0.3) is 0 Å². The summed E-state index contributed by atoms with van der Waals surface area (Å²) < 4.78 is 25.3. The minimum absolute atomic E-state index is 0.206. The number of rotatable bonds is 6. The van der Waals surface area contributed by atoms with E-state index < -0.39 is 16.1 Å². The number of nitrogens with one attached hydrogen (secondary N) is 1. The highest BCUT2D eigenvalue weighted by Gasteiger charge is 2.31. The zero-order valence-corrected chi connectivity index (χ0v) is 16.8. The van der Waals surface area contributed by atoms with E-state index in [9.17, 15) is 13.2 Å². The average molecular weight is 387 g/mol. The molecular weight excluding hydrogens is 360 g/mol. The largest absolute Gasteiger partial charge is 0.348 e. The Morgan fingerprint density at radius 2 is 1.70 bits per heavy atom. The molecule has 0 unspecified atom stereocenters. The number of hydrogen-bond donors (Lipinski definition) is 1. The summed E-state index contributed by atoms with van der Waals surface area (Å²) in [6.07, 6.45) is 4.48. The fourth-order valence-corrected chi connectivity index (χ4v) is 4.19. The number of carbonyl (C=O) groups excluding carboxylic acids is 1. The first-order valence-corrected chi connectivity index (χ1v) is 11.0. The molecule has 2 atom stereocenters. The first-order valence-electron chi connectivity index (χ1n) is 9.17. The van der Waals surface area contributed by atoms with Gasteiger partial charge in [0.05, 0.1) is 12.3 Å². The van der Waals surface area contributed by atoms with Gasteiger partial charge >= 0.3 is 0 Å². The molecule has 2 aromatic rings. The van der Waals surface area contributed by atoms with E-state index in [0.29, 0.717) is 5.56 Å². The van der Waals surface area contributed by atoms with Crippen LogP contribution in [-0.2, 0) is 27.7 Å². The summed E-state index contributed by atoms with van der Waals surface area (Å²) in [6.45, 7) is 1.93. The molecule has 5 nitrogen and oxygen atoms in total. The van der Waals surface area contributed by atoms with Crippen molar-refractivity contribution in [2.75, 3.05) is 13.3 Å². The summed E-state index contributed by atoms with van der Waals surface area (Å²) in [5.41, 5.74) is 4.42. The Kier molecular flexibility index (Phi) is 5.67. The molecule has 144 valence electrons. The van der Waals surface area contributed by atoms with Gasteiger partial charge in [0.15, 0.2) is 0 Å². The summed E-state index contributed by atoms with van der Waals surface area (Å²) in [6, 6.07) is 14.2. The summed E-state index contributed by atoms with van der Waals surface area (Å²) >= 11 is 0. The third kappa shape index (κ3) is 4.39. The minimum Gasteiger partial charge on any atom is -0.348 e. The van der Waals surface area contributed by atoms with Gasteiger partial charge in [0.2, 0.25) is 15.9 Å². The first-order chi connectivity index (χ1) is 12.8. The van der Waals surface area contributed by atoms with Crippen molar-refractivity contribution in [2.45, 2.75) is 38.3 Å². The van der Waals surface area contributed by atoms with Gasteiger partial charge in [-0.05, 0) is 48.4 Å². The van der Waals surface area contributed by atoms with Crippen LogP contribution in [0.1, 0.15) is 47.7 Å². The van der Waals surface area contributed by atoms with Gasteiger partial charge in [-0.1, -0.05) is 48.5 Å². The molecule has 0 bridgehead atoms. The van der Waals surface area contributed by atoms with Crippen LogP contribution >= 0.6 is 0 Å². The molecule has 1 amide bonds. The van der Waals surface area contributed by atoms with Crippen LogP contribution in [-0.4, -0.2) is 31.9 Å². The second kappa shape index (κ2) is 7.82. The molecule has 0 saturated carbocycles. The smallest absolute Gasteiger partial charge is 0.243 e. The van der Waals surface area contributed by atoms with Gasteiger partial charge in [-0.25, -0.2) is 8.42 Å². The van der Waals surface area contributed by atoms with E-state index >= 15 is 0 Å². The number of carbonyl (C=O) groups is 1. The third-order valence-electron chi connectivity index (χ3n) is 5.23. The highest BCUT2D eigenvalue weighted by atomic mass is 32.2. The van der Waals surface area contributed by atoms with Gasteiger partial charge in [0.1, 0.15) is 6.04 Å². The van der Waals surface area contributed by atoms with Crippen molar-refractivity contribution in [2.24, 2.45) is 0 Å². The highest BCUT2D eigenvalue weighted by Crippen LogP contribution is 2.27. The highest BCUT2D eigenvalue weighted by molar-refractivity contribution is 7.88. The van der Waals surface area contributed by atoms with E-state index in [4.69, 9.17) is 0 Å². The lowest BCUT2D eigenvalue weighted by atomic mass is 10.0. The maximum atomic E-state index is 13.0. The molecule has 6 heteroatoms. The summed E-state index contributed by atoms with van der Waals surface area (Å²) in [5.74, 6) is -0.331. The SMILES string of the molecule is C[C@H](NC(=O)[C@H](c1ccccc1)N(C)S(C)(=O)=O)c1ccc2c(c1)CCC2. The number of nitrogens with zero attached hydrogens (tertiary/aromatic N) is 1. The molecule has 0 spiro atoms. The van der Waals surface area contributed by atoms with Crippen LogP contribution in [0.2, 0.25) is 0 Å². The number of fused-ring (bicyclic) bond motifs is 1. The maximum absolute atomic E-state index is 13.0. The number of aryl methyl sites for hydroxylation is 2. The first kappa shape index (κ1) is 19.6. The summed E-state index contributed by atoms with van der Waals surface area (Å²) in [7, 11) is -2.09. The fourth-order valence-electron chi connectivity index (χ4n) is 3.59. The third-order valence-corrected chi connectivity index (χ3v) is 6.49. The molecule has 0 radical (unpaired) electrons. The predicted molar refractivity (Wildman–Crippen MR) is 107 cm³/mol. The van der Waals surface area contributed by atoms with E-state index in [-0.39, 0.29) is 11.9 Å². The molecule has 1 aliphatic rings. The Morgan fingerprint density at radius 3 is 2.37 bits per heavy atom. The molecule has 0 aliphatic heterocycles. The van der Waals surface area contributed by atoms with Crippen LogP contribution in [0.4, 0.5) is 0 Å². The number of likely N-dealkylation sites (N-methyl/N-ethyl adjacent to an activating group) is 1. The van der Waals surface area contributed by atoms with Crippen molar-refractivity contribution in [1.29, 1.82) is 0 Å². The van der Waals surface area contributed by atoms with Crippen molar-refractivity contribution in [3.05, 3.63) is 70.8 Å². The van der Waals surface area contributed by atoms with Crippen LogP contribution in [0.3, 0.4) is 0 Å². The molecule has 0 heterocycles. The molecular formula is C21H26N2O3S. The molecule has 3 rings (SSSR count).